The van der Waals surface area contributed by atoms with Gasteiger partial charge in [0, 0.05) is 16.6 Å². The fourth-order valence-electron chi connectivity index (χ4n) is 2.21. The second kappa shape index (κ2) is 7.06. The molecule has 0 saturated heterocycles. The van der Waals surface area contributed by atoms with Crippen LogP contribution in [-0.2, 0) is 11.2 Å². The number of aromatic nitrogens is 1. The predicted octanol–water partition coefficient (Wildman–Crippen LogP) is 3.09. The highest BCUT2D eigenvalue weighted by Gasteiger charge is 2.12. The Bertz CT molecular complexity index is 857. The van der Waals surface area contributed by atoms with E-state index < -0.39 is 0 Å². The van der Waals surface area contributed by atoms with E-state index in [1.165, 1.54) is 11.3 Å². The van der Waals surface area contributed by atoms with E-state index in [4.69, 9.17) is 5.73 Å². The second-order valence-electron chi connectivity index (χ2n) is 5.20. The Kier molecular flexibility index (Phi) is 4.67. The molecule has 3 N–H and O–H groups in total. The lowest BCUT2D eigenvalue weighted by Crippen LogP contribution is -2.14. The van der Waals surface area contributed by atoms with Gasteiger partial charge < -0.3 is 11.1 Å². The van der Waals surface area contributed by atoms with Gasteiger partial charge in [0.15, 0.2) is 5.01 Å². The summed E-state index contributed by atoms with van der Waals surface area (Å²) in [6, 6.07) is 16.7. The zero-order chi connectivity index (χ0) is 16.9. The van der Waals surface area contributed by atoms with Gasteiger partial charge >= 0.3 is 0 Å². The molecule has 0 unspecified atom stereocenters. The van der Waals surface area contributed by atoms with Gasteiger partial charge in [-0.3, -0.25) is 9.59 Å². The number of primary amides is 1. The summed E-state index contributed by atoms with van der Waals surface area (Å²) in [6.45, 7) is 0. The van der Waals surface area contributed by atoms with Crippen molar-refractivity contribution in [1.82, 2.24) is 4.98 Å². The number of hydrogen-bond donors (Lipinski definition) is 2. The lowest BCUT2D eigenvalue weighted by Gasteiger charge is -2.04. The molecule has 120 valence electrons. The maximum Gasteiger partial charge on any atom is 0.284 e. The van der Waals surface area contributed by atoms with Crippen LogP contribution in [0.2, 0.25) is 0 Å². The quantitative estimate of drug-likeness (QED) is 0.750. The van der Waals surface area contributed by atoms with Crippen LogP contribution >= 0.6 is 11.3 Å². The molecule has 1 heterocycles. The molecule has 2 aromatic carbocycles. The summed E-state index contributed by atoms with van der Waals surface area (Å²) in [7, 11) is 0. The molecule has 2 amide bonds. The number of nitrogens with two attached hydrogens (primary N) is 1. The Balaban J connectivity index is 1.69. The van der Waals surface area contributed by atoms with Crippen molar-refractivity contribution in [2.45, 2.75) is 6.42 Å². The van der Waals surface area contributed by atoms with Crippen LogP contribution in [0.1, 0.15) is 15.4 Å². The molecule has 5 nitrogen and oxygen atoms in total. The van der Waals surface area contributed by atoms with Crippen LogP contribution in [0.4, 0.5) is 5.69 Å². The van der Waals surface area contributed by atoms with Crippen LogP contribution in [0.3, 0.4) is 0 Å². The van der Waals surface area contributed by atoms with Gasteiger partial charge in [0.25, 0.3) is 5.91 Å². The number of nitrogens with zero attached hydrogens (tertiary/aromatic N) is 1. The number of benzene rings is 2. The van der Waals surface area contributed by atoms with E-state index in [-0.39, 0.29) is 18.2 Å². The molecule has 3 aromatic rings. The number of thiazole rings is 1. The fraction of sp³-hybridized carbons (Fsp3) is 0.0556. The van der Waals surface area contributed by atoms with Crippen LogP contribution in [0.5, 0.6) is 0 Å². The van der Waals surface area contributed by atoms with Crippen LogP contribution in [0.25, 0.3) is 11.3 Å². The first-order valence-electron chi connectivity index (χ1n) is 7.31. The number of carbonyl (C=O) groups is 2. The monoisotopic (exact) mass is 337 g/mol. The highest BCUT2D eigenvalue weighted by atomic mass is 32.1. The van der Waals surface area contributed by atoms with Crippen LogP contribution < -0.4 is 11.1 Å². The molecule has 0 aliphatic carbocycles. The van der Waals surface area contributed by atoms with Crippen molar-refractivity contribution in [3.8, 4) is 11.3 Å². The average molecular weight is 337 g/mol. The number of amides is 2. The van der Waals surface area contributed by atoms with Crippen LogP contribution in [-0.4, -0.2) is 16.8 Å². The smallest absolute Gasteiger partial charge is 0.284 e. The Morgan fingerprint density at radius 1 is 1.04 bits per heavy atom. The summed E-state index contributed by atoms with van der Waals surface area (Å²) >= 11 is 1.30. The van der Waals surface area contributed by atoms with Gasteiger partial charge in [0.05, 0.1) is 12.1 Å². The Morgan fingerprint density at radius 2 is 1.75 bits per heavy atom. The molecule has 0 aliphatic heterocycles. The van der Waals surface area contributed by atoms with Crippen molar-refractivity contribution in [1.29, 1.82) is 0 Å². The van der Waals surface area contributed by atoms with Gasteiger partial charge in [-0.05, 0) is 17.7 Å². The molecule has 6 heteroatoms. The molecule has 0 atom stereocenters. The molecule has 0 bridgehead atoms. The maximum absolute atomic E-state index is 12.3. The fourth-order valence-corrected chi connectivity index (χ4v) is 2.93. The highest BCUT2D eigenvalue weighted by molar-refractivity contribution is 7.12. The second-order valence-corrected chi connectivity index (χ2v) is 6.06. The molecule has 0 fully saturated rings. The summed E-state index contributed by atoms with van der Waals surface area (Å²) < 4.78 is 0. The minimum absolute atomic E-state index is 0.182. The molecule has 0 aliphatic rings. The Labute approximate surface area is 143 Å². The van der Waals surface area contributed by atoms with Gasteiger partial charge in [0.2, 0.25) is 5.91 Å². The van der Waals surface area contributed by atoms with Crippen molar-refractivity contribution in [3.05, 3.63) is 70.5 Å². The number of hydrogen-bond acceptors (Lipinski definition) is 4. The van der Waals surface area contributed by atoms with Crippen molar-refractivity contribution < 1.29 is 9.59 Å². The number of rotatable bonds is 5. The molecule has 3 rings (SSSR count). The van der Waals surface area contributed by atoms with E-state index in [2.05, 4.69) is 10.3 Å². The van der Waals surface area contributed by atoms with Crippen LogP contribution in [0.15, 0.2) is 60.0 Å². The third-order valence-corrected chi connectivity index (χ3v) is 4.20. The van der Waals surface area contributed by atoms with E-state index in [9.17, 15) is 9.59 Å². The largest absolute Gasteiger partial charge is 0.369 e. The molecule has 0 radical (unpaired) electrons. The summed E-state index contributed by atoms with van der Waals surface area (Å²) in [5, 5.41) is 5.06. The van der Waals surface area contributed by atoms with Gasteiger partial charge in [0.1, 0.15) is 0 Å². The number of anilines is 1. The maximum atomic E-state index is 12.3. The van der Waals surface area contributed by atoms with E-state index in [1.807, 2.05) is 35.7 Å². The Morgan fingerprint density at radius 3 is 2.42 bits per heavy atom. The zero-order valence-electron chi connectivity index (χ0n) is 12.7. The minimum Gasteiger partial charge on any atom is -0.369 e. The van der Waals surface area contributed by atoms with Crippen molar-refractivity contribution in [2.24, 2.45) is 5.73 Å². The van der Waals surface area contributed by atoms with Crippen molar-refractivity contribution in [2.75, 3.05) is 5.32 Å². The van der Waals surface area contributed by atoms with E-state index >= 15 is 0 Å². The SMILES string of the molecule is NC(=O)Cc1ccc(NC(=O)c2nc(-c3ccccc3)cs2)cc1. The lowest BCUT2D eigenvalue weighted by molar-refractivity contribution is -0.117. The number of nitrogens with one attached hydrogen (secondary N) is 1. The minimum atomic E-state index is -0.386. The summed E-state index contributed by atoms with van der Waals surface area (Å²) in [4.78, 5) is 27.5. The highest BCUT2D eigenvalue weighted by Crippen LogP contribution is 2.22. The molecular formula is C18H15N3O2S. The summed E-state index contributed by atoms with van der Waals surface area (Å²) in [5.41, 5.74) is 8.36. The van der Waals surface area contributed by atoms with E-state index in [0.29, 0.717) is 10.7 Å². The third-order valence-electron chi connectivity index (χ3n) is 3.36. The van der Waals surface area contributed by atoms with Gasteiger partial charge in [-0.25, -0.2) is 4.98 Å². The van der Waals surface area contributed by atoms with Gasteiger partial charge in [-0.1, -0.05) is 42.5 Å². The molecule has 24 heavy (non-hydrogen) atoms. The zero-order valence-corrected chi connectivity index (χ0v) is 13.5. The lowest BCUT2D eigenvalue weighted by atomic mass is 10.1. The molecule has 1 aromatic heterocycles. The first-order valence-corrected chi connectivity index (χ1v) is 8.19. The Hall–Kier alpha value is -2.99. The van der Waals surface area contributed by atoms with E-state index in [0.717, 1.165) is 16.8 Å². The number of carbonyl (C=O) groups excluding carboxylic acids is 2. The normalized spacial score (nSPS) is 10.3. The topological polar surface area (TPSA) is 85.1 Å². The first-order chi connectivity index (χ1) is 11.6. The van der Waals surface area contributed by atoms with Gasteiger partial charge in [-0.2, -0.15) is 0 Å². The van der Waals surface area contributed by atoms with Crippen molar-refractivity contribution >= 4 is 28.8 Å². The standard InChI is InChI=1S/C18H15N3O2S/c19-16(22)10-12-6-8-14(9-7-12)20-17(23)18-21-15(11-24-18)13-4-2-1-3-5-13/h1-9,11H,10H2,(H2,19,22)(H,20,23). The summed E-state index contributed by atoms with van der Waals surface area (Å²) in [5.74, 6) is -0.646. The predicted molar refractivity (Wildman–Crippen MR) is 94.8 cm³/mol. The van der Waals surface area contributed by atoms with Gasteiger partial charge in [-0.15, -0.1) is 11.3 Å². The molecule has 0 saturated carbocycles. The van der Waals surface area contributed by atoms with E-state index in [1.54, 1.807) is 24.3 Å². The van der Waals surface area contributed by atoms with Crippen LogP contribution in [0, 0.1) is 0 Å². The van der Waals surface area contributed by atoms with Crippen molar-refractivity contribution in [3.63, 3.8) is 0 Å². The first kappa shape index (κ1) is 15.9. The summed E-state index contributed by atoms with van der Waals surface area (Å²) in [6.07, 6.45) is 0.182. The molecule has 0 spiro atoms. The molecular weight excluding hydrogens is 322 g/mol. The average Bonchev–Trinajstić information content (AvgIpc) is 3.07. The third kappa shape index (κ3) is 3.85.